The Balaban J connectivity index is 0.982. The van der Waals surface area contributed by atoms with Gasteiger partial charge in [0.05, 0.1) is 0 Å². The molecule has 2 heteroatoms. The average molecular weight is 730 g/mol. The molecule has 1 aliphatic carbocycles. The number of hydrogen-bond donors (Lipinski definition) is 0. The molecule has 270 valence electrons. The lowest BCUT2D eigenvalue weighted by Gasteiger charge is -2.28. The van der Waals surface area contributed by atoms with Gasteiger partial charge in [0.2, 0.25) is 0 Å². The normalized spacial score (nSPS) is 13.0. The molecule has 0 fully saturated rings. The van der Waals surface area contributed by atoms with Crippen molar-refractivity contribution in [2.75, 3.05) is 4.90 Å². The zero-order valence-corrected chi connectivity index (χ0v) is 31.9. The van der Waals surface area contributed by atoms with E-state index in [1.54, 1.807) is 0 Å². The molecule has 0 saturated carbocycles. The quantitative estimate of drug-likeness (QED) is 0.175. The van der Waals surface area contributed by atoms with Gasteiger partial charge in [0.1, 0.15) is 11.5 Å². The first-order chi connectivity index (χ1) is 28.0. The van der Waals surface area contributed by atoms with Crippen molar-refractivity contribution in [2.45, 2.75) is 19.3 Å². The summed E-state index contributed by atoms with van der Waals surface area (Å²) in [5, 5.41) is 2.25. The summed E-state index contributed by atoms with van der Waals surface area (Å²) in [6.07, 6.45) is 0. The zero-order valence-electron chi connectivity index (χ0n) is 31.9. The number of rotatable bonds is 5. The summed E-state index contributed by atoms with van der Waals surface area (Å²) in [6.45, 7) is 4.69. The van der Waals surface area contributed by atoms with Crippen molar-refractivity contribution < 1.29 is 4.74 Å². The first-order valence-electron chi connectivity index (χ1n) is 19.8. The molecule has 0 saturated heterocycles. The minimum atomic E-state index is -0.0963. The summed E-state index contributed by atoms with van der Waals surface area (Å²) < 4.78 is 6.76. The second kappa shape index (κ2) is 13.0. The summed E-state index contributed by atoms with van der Waals surface area (Å²) in [7, 11) is 0. The predicted octanol–water partition coefficient (Wildman–Crippen LogP) is 15.4. The van der Waals surface area contributed by atoms with Crippen LogP contribution in [0.1, 0.15) is 25.0 Å². The average Bonchev–Trinajstić information content (AvgIpc) is 3.39. The van der Waals surface area contributed by atoms with Crippen molar-refractivity contribution in [1.82, 2.24) is 0 Å². The lowest BCUT2D eigenvalue weighted by molar-refractivity contribution is 0.493. The van der Waals surface area contributed by atoms with Gasteiger partial charge in [0.15, 0.2) is 0 Å². The van der Waals surface area contributed by atoms with Crippen LogP contribution in [0.3, 0.4) is 0 Å². The molecule has 9 aromatic rings. The summed E-state index contributed by atoms with van der Waals surface area (Å²) in [6, 6.07) is 72.5. The van der Waals surface area contributed by atoms with E-state index in [4.69, 9.17) is 4.74 Å². The molecule has 0 radical (unpaired) electrons. The van der Waals surface area contributed by atoms with Crippen molar-refractivity contribution >= 4 is 27.8 Å². The standard InChI is InChI=1S/C55H39NO/c1-55(2)51-18-10-8-16-47(51)48-33-30-43(35-52(48)55)56(41-26-20-37(21-27-41)36-12-4-3-5-13-36)42-28-22-38(23-29-42)39-24-31-44-40(34-39)25-32-50-46-15-7-6-14-45(46)49-17-9-11-19-53(49)57-54(44)50/h3-35H,1-2H3. The van der Waals surface area contributed by atoms with E-state index in [1.807, 2.05) is 6.07 Å². The first kappa shape index (κ1) is 33.2. The molecule has 57 heavy (non-hydrogen) atoms. The molecule has 0 atom stereocenters. The van der Waals surface area contributed by atoms with E-state index in [0.717, 1.165) is 56.0 Å². The third kappa shape index (κ3) is 5.40. The SMILES string of the molecule is CC1(C)c2ccccc2-c2ccc(N(c3ccc(-c4ccccc4)cc3)c3ccc(-c4ccc5c6c(ccc5c4)-c4ccccc4-c4ccccc4O6)cc3)cc21. The van der Waals surface area contributed by atoms with Crippen LogP contribution in [0.4, 0.5) is 17.1 Å². The van der Waals surface area contributed by atoms with E-state index in [2.05, 4.69) is 213 Å². The van der Waals surface area contributed by atoms with Gasteiger partial charge in [-0.15, -0.1) is 0 Å². The Morgan fingerprint density at radius 2 is 0.895 bits per heavy atom. The molecule has 2 aliphatic rings. The topological polar surface area (TPSA) is 12.5 Å². The maximum atomic E-state index is 6.76. The Kier molecular flexibility index (Phi) is 7.55. The van der Waals surface area contributed by atoms with Crippen molar-refractivity contribution in [3.63, 3.8) is 0 Å². The second-order valence-electron chi connectivity index (χ2n) is 15.7. The lowest BCUT2D eigenvalue weighted by atomic mass is 9.82. The van der Waals surface area contributed by atoms with Crippen LogP contribution in [0.2, 0.25) is 0 Å². The highest BCUT2D eigenvalue weighted by Gasteiger charge is 2.35. The zero-order chi connectivity index (χ0) is 38.1. The number of para-hydroxylation sites is 1. The molecule has 11 rings (SSSR count). The van der Waals surface area contributed by atoms with Crippen molar-refractivity contribution in [3.8, 4) is 67.1 Å². The van der Waals surface area contributed by atoms with E-state index in [9.17, 15) is 0 Å². The molecular weight excluding hydrogens is 691 g/mol. The van der Waals surface area contributed by atoms with Crippen LogP contribution in [0, 0.1) is 0 Å². The minimum Gasteiger partial charge on any atom is -0.455 e. The Morgan fingerprint density at radius 1 is 0.368 bits per heavy atom. The number of fused-ring (bicyclic) bond motifs is 10. The maximum absolute atomic E-state index is 6.76. The van der Waals surface area contributed by atoms with Crippen LogP contribution < -0.4 is 9.64 Å². The number of ether oxygens (including phenoxy) is 1. The molecular formula is C55H39NO. The van der Waals surface area contributed by atoms with Gasteiger partial charge in [-0.05, 0) is 122 Å². The number of anilines is 3. The number of benzene rings is 9. The molecule has 2 nitrogen and oxygen atoms in total. The van der Waals surface area contributed by atoms with Gasteiger partial charge in [-0.3, -0.25) is 0 Å². The van der Waals surface area contributed by atoms with Gasteiger partial charge >= 0.3 is 0 Å². The van der Waals surface area contributed by atoms with Gasteiger partial charge in [-0.25, -0.2) is 0 Å². The van der Waals surface area contributed by atoms with Crippen LogP contribution in [-0.4, -0.2) is 0 Å². The second-order valence-corrected chi connectivity index (χ2v) is 15.7. The Labute approximate surface area is 333 Å². The highest BCUT2D eigenvalue weighted by Crippen LogP contribution is 2.52. The van der Waals surface area contributed by atoms with Crippen LogP contribution in [0.25, 0.3) is 66.4 Å². The lowest BCUT2D eigenvalue weighted by Crippen LogP contribution is -2.16. The van der Waals surface area contributed by atoms with Crippen molar-refractivity contribution in [3.05, 3.63) is 211 Å². The fraction of sp³-hybridized carbons (Fsp3) is 0.0545. The van der Waals surface area contributed by atoms with Gasteiger partial charge in [-0.1, -0.05) is 153 Å². The van der Waals surface area contributed by atoms with Crippen LogP contribution >= 0.6 is 0 Å². The van der Waals surface area contributed by atoms with Gasteiger partial charge < -0.3 is 9.64 Å². The monoisotopic (exact) mass is 729 g/mol. The summed E-state index contributed by atoms with van der Waals surface area (Å²) in [5.74, 6) is 1.79. The van der Waals surface area contributed by atoms with E-state index >= 15 is 0 Å². The van der Waals surface area contributed by atoms with E-state index in [0.29, 0.717) is 0 Å². The van der Waals surface area contributed by atoms with Crippen molar-refractivity contribution in [2.24, 2.45) is 0 Å². The van der Waals surface area contributed by atoms with E-state index < -0.39 is 0 Å². The maximum Gasteiger partial charge on any atom is 0.143 e. The largest absolute Gasteiger partial charge is 0.455 e. The molecule has 1 aliphatic heterocycles. The molecule has 0 bridgehead atoms. The Morgan fingerprint density at radius 3 is 1.63 bits per heavy atom. The minimum absolute atomic E-state index is 0.0963. The molecule has 1 heterocycles. The highest BCUT2D eigenvalue weighted by atomic mass is 16.5. The van der Waals surface area contributed by atoms with Crippen LogP contribution in [0.5, 0.6) is 11.5 Å². The Hall–Kier alpha value is -7.16. The van der Waals surface area contributed by atoms with Gasteiger partial charge in [-0.2, -0.15) is 0 Å². The molecule has 0 spiro atoms. The number of hydrogen-bond acceptors (Lipinski definition) is 2. The third-order valence-electron chi connectivity index (χ3n) is 12.1. The molecule has 0 amide bonds. The van der Waals surface area contributed by atoms with E-state index in [-0.39, 0.29) is 5.41 Å². The van der Waals surface area contributed by atoms with Gasteiger partial charge in [0.25, 0.3) is 0 Å². The summed E-state index contributed by atoms with van der Waals surface area (Å²) >= 11 is 0. The van der Waals surface area contributed by atoms with Crippen LogP contribution in [-0.2, 0) is 5.41 Å². The highest BCUT2D eigenvalue weighted by molar-refractivity contribution is 6.01. The Bertz CT molecular complexity index is 3000. The third-order valence-corrected chi connectivity index (χ3v) is 12.1. The van der Waals surface area contributed by atoms with Crippen molar-refractivity contribution in [1.29, 1.82) is 0 Å². The fourth-order valence-electron chi connectivity index (χ4n) is 9.16. The summed E-state index contributed by atoms with van der Waals surface area (Å²) in [5.41, 5.74) is 18.0. The molecule has 9 aromatic carbocycles. The molecule has 0 N–H and O–H groups in total. The summed E-state index contributed by atoms with van der Waals surface area (Å²) in [4.78, 5) is 2.39. The fourth-order valence-corrected chi connectivity index (χ4v) is 9.16. The smallest absolute Gasteiger partial charge is 0.143 e. The number of nitrogens with zero attached hydrogens (tertiary/aromatic N) is 1. The predicted molar refractivity (Wildman–Crippen MR) is 238 cm³/mol. The van der Waals surface area contributed by atoms with Gasteiger partial charge in [0, 0.05) is 39.0 Å². The molecule has 0 unspecified atom stereocenters. The first-order valence-corrected chi connectivity index (χ1v) is 19.8. The van der Waals surface area contributed by atoms with Crippen LogP contribution in [0.15, 0.2) is 200 Å². The molecule has 0 aromatic heterocycles. The van der Waals surface area contributed by atoms with E-state index in [1.165, 1.54) is 50.1 Å².